The number of carboxylic acid groups (broad SMARTS) is 1. The smallest absolute Gasteiger partial charge is 0.324 e. The van der Waals surface area contributed by atoms with E-state index in [9.17, 15) is 14.7 Å². The fraction of sp³-hybridized carbons (Fsp3) is 0.364. The molecule has 6 nitrogen and oxygen atoms in total. The fourth-order valence-electron chi connectivity index (χ4n) is 2.62. The number of aliphatic carboxylic acids is 1. The molecule has 1 unspecified atom stereocenters. The van der Waals surface area contributed by atoms with Gasteiger partial charge in [0.1, 0.15) is 24.0 Å². The first-order valence-corrected chi connectivity index (χ1v) is 9.12. The van der Waals surface area contributed by atoms with Crippen LogP contribution in [0.2, 0.25) is 0 Å². The van der Waals surface area contributed by atoms with E-state index in [1.807, 2.05) is 30.3 Å². The Labute approximate surface area is 165 Å². The highest BCUT2D eigenvalue weighted by Crippen LogP contribution is 2.19. The molecule has 2 atom stereocenters. The van der Waals surface area contributed by atoms with Crippen molar-refractivity contribution in [3.63, 3.8) is 0 Å². The van der Waals surface area contributed by atoms with E-state index in [-0.39, 0.29) is 6.42 Å². The summed E-state index contributed by atoms with van der Waals surface area (Å²) in [6, 6.07) is 15.6. The molecule has 0 spiro atoms. The Morgan fingerprint density at radius 2 is 1.61 bits per heavy atom. The molecule has 6 heteroatoms. The van der Waals surface area contributed by atoms with E-state index in [0.717, 1.165) is 11.1 Å². The van der Waals surface area contributed by atoms with Crippen LogP contribution in [0.25, 0.3) is 0 Å². The van der Waals surface area contributed by atoms with Crippen molar-refractivity contribution < 1.29 is 24.2 Å². The van der Waals surface area contributed by atoms with Crippen LogP contribution in [-0.2, 0) is 27.4 Å². The first kappa shape index (κ1) is 21.4. The zero-order valence-electron chi connectivity index (χ0n) is 16.4. The van der Waals surface area contributed by atoms with Crippen LogP contribution < -0.4 is 10.5 Å². The summed E-state index contributed by atoms with van der Waals surface area (Å²) < 4.78 is 10.9. The highest BCUT2D eigenvalue weighted by atomic mass is 16.6. The van der Waals surface area contributed by atoms with Gasteiger partial charge in [-0.05, 0) is 50.5 Å². The zero-order chi connectivity index (χ0) is 20.7. The second-order valence-corrected chi connectivity index (χ2v) is 7.63. The summed E-state index contributed by atoms with van der Waals surface area (Å²) in [7, 11) is 0. The van der Waals surface area contributed by atoms with Gasteiger partial charge >= 0.3 is 11.9 Å². The van der Waals surface area contributed by atoms with Crippen LogP contribution >= 0.6 is 0 Å². The number of esters is 1. The molecule has 150 valence electrons. The lowest BCUT2D eigenvalue weighted by Gasteiger charge is -2.25. The molecule has 2 aromatic carbocycles. The molecule has 2 aromatic rings. The molecule has 0 heterocycles. The Kier molecular flexibility index (Phi) is 7.18. The molecule has 3 N–H and O–H groups in total. The van der Waals surface area contributed by atoms with Gasteiger partial charge < -0.3 is 20.3 Å². The molecule has 0 radical (unpaired) electrons. The molecule has 0 amide bonds. The third kappa shape index (κ3) is 6.70. The Morgan fingerprint density at radius 1 is 1.00 bits per heavy atom. The minimum Gasteiger partial charge on any atom is -0.489 e. The van der Waals surface area contributed by atoms with Crippen molar-refractivity contribution in [3.05, 3.63) is 65.7 Å². The number of nitrogens with two attached hydrogens (primary N) is 1. The number of ether oxygens (including phenoxy) is 2. The Balaban J connectivity index is 1.99. The summed E-state index contributed by atoms with van der Waals surface area (Å²) in [6.07, 6.45) is 0.120. The first-order chi connectivity index (χ1) is 13.2. The number of carboxylic acids is 1. The van der Waals surface area contributed by atoms with Crippen LogP contribution in [0.3, 0.4) is 0 Å². The predicted molar refractivity (Wildman–Crippen MR) is 106 cm³/mol. The molecule has 2 rings (SSSR count). The van der Waals surface area contributed by atoms with Crippen LogP contribution in [0.15, 0.2) is 54.6 Å². The maximum Gasteiger partial charge on any atom is 0.324 e. The summed E-state index contributed by atoms with van der Waals surface area (Å²) in [5, 5.41) is 9.50. The van der Waals surface area contributed by atoms with Crippen LogP contribution in [0.5, 0.6) is 5.75 Å². The number of carbonyl (C=O) groups is 2. The van der Waals surface area contributed by atoms with E-state index < -0.39 is 29.5 Å². The number of hydrogen-bond donors (Lipinski definition) is 2. The summed E-state index contributed by atoms with van der Waals surface area (Å²) in [6.45, 7) is 5.58. The molecule has 0 aliphatic heterocycles. The summed E-state index contributed by atoms with van der Waals surface area (Å²) in [5.41, 5.74) is 6.96. The molecule has 0 bridgehead atoms. The molecule has 0 aliphatic carbocycles. The van der Waals surface area contributed by atoms with Gasteiger partial charge in [0.25, 0.3) is 0 Å². The van der Waals surface area contributed by atoms with Crippen molar-refractivity contribution in [3.8, 4) is 5.75 Å². The molecule has 0 aliphatic rings. The van der Waals surface area contributed by atoms with Crippen LogP contribution in [0, 0.1) is 5.92 Å². The van der Waals surface area contributed by atoms with Gasteiger partial charge in [-0.2, -0.15) is 0 Å². The summed E-state index contributed by atoms with van der Waals surface area (Å²) in [4.78, 5) is 23.8. The average Bonchev–Trinajstić information content (AvgIpc) is 2.64. The molecular weight excluding hydrogens is 358 g/mol. The Hall–Kier alpha value is -2.86. The third-order valence-corrected chi connectivity index (χ3v) is 4.06. The monoisotopic (exact) mass is 385 g/mol. The Bertz CT molecular complexity index is 781. The molecule has 0 aromatic heterocycles. The zero-order valence-corrected chi connectivity index (χ0v) is 16.4. The van der Waals surface area contributed by atoms with Gasteiger partial charge in [0, 0.05) is 0 Å². The van der Waals surface area contributed by atoms with Crippen LogP contribution in [-0.4, -0.2) is 28.7 Å². The molecular formula is C22H27NO5. The van der Waals surface area contributed by atoms with Crippen molar-refractivity contribution in [1.29, 1.82) is 0 Å². The van der Waals surface area contributed by atoms with Gasteiger partial charge in [-0.3, -0.25) is 9.59 Å². The average molecular weight is 385 g/mol. The Morgan fingerprint density at radius 3 is 2.14 bits per heavy atom. The molecule has 28 heavy (non-hydrogen) atoms. The summed E-state index contributed by atoms with van der Waals surface area (Å²) >= 11 is 0. The topological polar surface area (TPSA) is 98.9 Å². The molecule has 0 fully saturated rings. The highest BCUT2D eigenvalue weighted by Gasteiger charge is 2.34. The van der Waals surface area contributed by atoms with Crippen molar-refractivity contribution in [2.75, 3.05) is 0 Å². The van der Waals surface area contributed by atoms with Crippen molar-refractivity contribution in [1.82, 2.24) is 0 Å². The van der Waals surface area contributed by atoms with Gasteiger partial charge in [0.15, 0.2) is 0 Å². The van der Waals surface area contributed by atoms with Gasteiger partial charge in [-0.25, -0.2) is 0 Å². The largest absolute Gasteiger partial charge is 0.489 e. The highest BCUT2D eigenvalue weighted by molar-refractivity contribution is 5.84. The van der Waals surface area contributed by atoms with Gasteiger partial charge in [-0.15, -0.1) is 0 Å². The normalized spacial score (nSPS) is 13.4. The van der Waals surface area contributed by atoms with E-state index in [1.54, 1.807) is 45.0 Å². The predicted octanol–water partition coefficient (Wildman–Crippen LogP) is 3.18. The maximum atomic E-state index is 12.1. The standard InChI is InChI=1S/C22H27NO5/c1-22(2,3)28-21(26)19(23)18(20(24)25)13-15-9-11-17(12-10-15)27-14-16-7-5-4-6-8-16/h4-12,18-19H,13-14,23H2,1-3H3,(H,24,25)/t18-,19?/m1/s1. The van der Waals surface area contributed by atoms with Crippen molar-refractivity contribution >= 4 is 11.9 Å². The third-order valence-electron chi connectivity index (χ3n) is 4.06. The minimum atomic E-state index is -1.24. The number of benzene rings is 2. The number of hydrogen-bond acceptors (Lipinski definition) is 5. The van der Waals surface area contributed by atoms with E-state index in [4.69, 9.17) is 15.2 Å². The lowest BCUT2D eigenvalue weighted by atomic mass is 9.92. The molecule has 0 saturated carbocycles. The van der Waals surface area contributed by atoms with Crippen molar-refractivity contribution in [2.45, 2.75) is 45.4 Å². The van der Waals surface area contributed by atoms with Gasteiger partial charge in [-0.1, -0.05) is 42.5 Å². The van der Waals surface area contributed by atoms with Crippen LogP contribution in [0.1, 0.15) is 31.9 Å². The second-order valence-electron chi connectivity index (χ2n) is 7.63. The van der Waals surface area contributed by atoms with Gasteiger partial charge in [0.05, 0.1) is 5.92 Å². The van der Waals surface area contributed by atoms with E-state index in [1.165, 1.54) is 0 Å². The van der Waals surface area contributed by atoms with E-state index in [0.29, 0.717) is 12.4 Å². The molecule has 0 saturated heterocycles. The quantitative estimate of drug-likeness (QED) is 0.677. The number of rotatable bonds is 8. The second kappa shape index (κ2) is 9.37. The minimum absolute atomic E-state index is 0.120. The van der Waals surface area contributed by atoms with Crippen molar-refractivity contribution in [2.24, 2.45) is 11.7 Å². The number of carbonyl (C=O) groups excluding carboxylic acids is 1. The van der Waals surface area contributed by atoms with Gasteiger partial charge in [0.2, 0.25) is 0 Å². The lowest BCUT2D eigenvalue weighted by molar-refractivity contribution is -0.161. The van der Waals surface area contributed by atoms with E-state index >= 15 is 0 Å². The maximum absolute atomic E-state index is 12.1. The summed E-state index contributed by atoms with van der Waals surface area (Å²) in [5.74, 6) is -2.26. The lowest BCUT2D eigenvalue weighted by Crippen LogP contribution is -2.46. The first-order valence-electron chi connectivity index (χ1n) is 9.12. The fourth-order valence-corrected chi connectivity index (χ4v) is 2.62. The SMILES string of the molecule is CC(C)(C)OC(=O)C(N)[C@@H](Cc1ccc(OCc2ccccc2)cc1)C(=O)O. The van der Waals surface area contributed by atoms with Crippen LogP contribution in [0.4, 0.5) is 0 Å². The van der Waals surface area contributed by atoms with E-state index in [2.05, 4.69) is 0 Å².